The molecule has 0 aliphatic carbocycles. The minimum atomic E-state index is -0.0166. The van der Waals surface area contributed by atoms with Gasteiger partial charge in [-0.15, -0.1) is 0 Å². The van der Waals surface area contributed by atoms with Crippen LogP contribution in [0.4, 0.5) is 5.69 Å². The van der Waals surface area contributed by atoms with Gasteiger partial charge in [0.2, 0.25) is 0 Å². The Kier molecular flexibility index (Phi) is 4.60. The molecule has 4 heteroatoms. The van der Waals surface area contributed by atoms with Crippen molar-refractivity contribution in [3.8, 4) is 0 Å². The number of aromatic nitrogens is 1. The van der Waals surface area contributed by atoms with Crippen LogP contribution >= 0.6 is 0 Å². The lowest BCUT2D eigenvalue weighted by atomic mass is 10.1. The second kappa shape index (κ2) is 6.82. The Balaban J connectivity index is 1.54. The number of carbonyl (C=O) groups excluding carboxylic acids is 1. The first-order chi connectivity index (χ1) is 11.1. The number of pyridine rings is 1. The van der Waals surface area contributed by atoms with Gasteiger partial charge in [-0.25, -0.2) is 0 Å². The summed E-state index contributed by atoms with van der Waals surface area (Å²) < 4.78 is 0. The van der Waals surface area contributed by atoms with Gasteiger partial charge in [0.1, 0.15) is 0 Å². The number of benzene rings is 1. The van der Waals surface area contributed by atoms with E-state index in [1.54, 1.807) is 24.5 Å². The summed E-state index contributed by atoms with van der Waals surface area (Å²) in [7, 11) is 0. The van der Waals surface area contributed by atoms with Crippen LogP contribution in [0.3, 0.4) is 0 Å². The van der Waals surface area contributed by atoms with Gasteiger partial charge in [0, 0.05) is 43.3 Å². The van der Waals surface area contributed by atoms with Crippen LogP contribution in [-0.2, 0) is 0 Å². The van der Waals surface area contributed by atoms with Crippen molar-refractivity contribution in [2.45, 2.75) is 20.3 Å². The minimum absolute atomic E-state index is 0.0166. The molecule has 1 saturated heterocycles. The van der Waals surface area contributed by atoms with Gasteiger partial charge < -0.3 is 10.2 Å². The molecule has 1 aromatic heterocycles. The van der Waals surface area contributed by atoms with E-state index in [1.807, 2.05) is 0 Å². The van der Waals surface area contributed by atoms with Crippen LogP contribution in [0.1, 0.15) is 27.9 Å². The highest BCUT2D eigenvalue weighted by molar-refractivity contribution is 5.93. The Bertz CT molecular complexity index is 684. The Morgan fingerprint density at radius 1 is 1.22 bits per heavy atom. The number of rotatable bonds is 4. The highest BCUT2D eigenvalue weighted by atomic mass is 16.1. The van der Waals surface area contributed by atoms with Crippen molar-refractivity contribution in [1.29, 1.82) is 0 Å². The molecule has 1 amide bonds. The molecule has 1 atom stereocenters. The fourth-order valence-electron chi connectivity index (χ4n) is 3.00. The molecule has 1 N–H and O–H groups in total. The Labute approximate surface area is 137 Å². The molecule has 120 valence electrons. The average Bonchev–Trinajstić information content (AvgIpc) is 3.05. The zero-order valence-electron chi connectivity index (χ0n) is 13.7. The third-order valence-corrected chi connectivity index (χ3v) is 4.64. The van der Waals surface area contributed by atoms with Crippen LogP contribution in [0.2, 0.25) is 0 Å². The van der Waals surface area contributed by atoms with Crippen molar-refractivity contribution in [3.63, 3.8) is 0 Å². The number of amides is 1. The molecule has 0 spiro atoms. The fourth-order valence-corrected chi connectivity index (χ4v) is 3.00. The number of hydrogen-bond acceptors (Lipinski definition) is 3. The van der Waals surface area contributed by atoms with Crippen LogP contribution in [-0.4, -0.2) is 30.5 Å². The van der Waals surface area contributed by atoms with Gasteiger partial charge in [-0.1, -0.05) is 6.07 Å². The first kappa shape index (κ1) is 15.5. The van der Waals surface area contributed by atoms with Gasteiger partial charge in [-0.3, -0.25) is 9.78 Å². The summed E-state index contributed by atoms with van der Waals surface area (Å²) >= 11 is 0. The number of anilines is 1. The van der Waals surface area contributed by atoms with Gasteiger partial charge in [0.05, 0.1) is 0 Å². The summed E-state index contributed by atoms with van der Waals surface area (Å²) in [5, 5.41) is 3.04. The first-order valence-electron chi connectivity index (χ1n) is 8.14. The fraction of sp³-hybridized carbons (Fsp3) is 0.368. The number of hydrogen-bond donors (Lipinski definition) is 1. The Morgan fingerprint density at radius 2 is 2.00 bits per heavy atom. The predicted octanol–water partition coefficient (Wildman–Crippen LogP) is 2.95. The second-order valence-electron chi connectivity index (χ2n) is 6.32. The number of carbonyl (C=O) groups is 1. The van der Waals surface area contributed by atoms with Gasteiger partial charge in [0.25, 0.3) is 5.91 Å². The van der Waals surface area contributed by atoms with Crippen LogP contribution in [0.5, 0.6) is 0 Å². The summed E-state index contributed by atoms with van der Waals surface area (Å²) in [6, 6.07) is 10.1. The quantitative estimate of drug-likeness (QED) is 0.944. The molecule has 0 radical (unpaired) electrons. The normalized spacial score (nSPS) is 17.3. The maximum absolute atomic E-state index is 12.1. The molecule has 4 nitrogen and oxygen atoms in total. The highest BCUT2D eigenvalue weighted by Crippen LogP contribution is 2.25. The molecule has 1 unspecified atom stereocenters. The summed E-state index contributed by atoms with van der Waals surface area (Å²) in [5.41, 5.74) is 4.62. The lowest BCUT2D eigenvalue weighted by Crippen LogP contribution is -2.31. The molecular formula is C19H23N3O. The molecule has 1 aliphatic heterocycles. The lowest BCUT2D eigenvalue weighted by molar-refractivity contribution is 0.0948. The molecule has 2 heterocycles. The van der Waals surface area contributed by atoms with E-state index in [2.05, 4.69) is 47.2 Å². The maximum Gasteiger partial charge on any atom is 0.251 e. The molecule has 1 aromatic carbocycles. The van der Waals surface area contributed by atoms with E-state index in [9.17, 15) is 4.79 Å². The van der Waals surface area contributed by atoms with Crippen LogP contribution < -0.4 is 10.2 Å². The summed E-state index contributed by atoms with van der Waals surface area (Å²) in [6.45, 7) is 7.07. The number of nitrogens with one attached hydrogen (secondary N) is 1. The van der Waals surface area contributed by atoms with Gasteiger partial charge >= 0.3 is 0 Å². The summed E-state index contributed by atoms with van der Waals surface area (Å²) in [4.78, 5) is 18.4. The van der Waals surface area contributed by atoms with E-state index in [-0.39, 0.29) is 5.91 Å². The average molecular weight is 309 g/mol. The van der Waals surface area contributed by atoms with E-state index in [0.29, 0.717) is 11.5 Å². The molecule has 0 saturated carbocycles. The van der Waals surface area contributed by atoms with Crippen molar-refractivity contribution >= 4 is 11.6 Å². The van der Waals surface area contributed by atoms with Crippen molar-refractivity contribution < 1.29 is 4.79 Å². The smallest absolute Gasteiger partial charge is 0.251 e. The van der Waals surface area contributed by atoms with Crippen molar-refractivity contribution in [1.82, 2.24) is 10.3 Å². The topological polar surface area (TPSA) is 45.2 Å². The molecule has 3 rings (SSSR count). The second-order valence-corrected chi connectivity index (χ2v) is 6.32. The van der Waals surface area contributed by atoms with E-state index in [0.717, 1.165) is 26.1 Å². The highest BCUT2D eigenvalue weighted by Gasteiger charge is 2.23. The molecular weight excluding hydrogens is 286 g/mol. The van der Waals surface area contributed by atoms with Crippen molar-refractivity contribution in [2.24, 2.45) is 5.92 Å². The third kappa shape index (κ3) is 3.70. The Hall–Kier alpha value is -2.36. The summed E-state index contributed by atoms with van der Waals surface area (Å²) in [5.74, 6) is 0.486. The van der Waals surface area contributed by atoms with E-state index >= 15 is 0 Å². The standard InChI is InChI=1S/C19H23N3O/c1-14-3-4-18(11-15(14)2)22-10-7-16(13-22)12-21-19(23)17-5-8-20-9-6-17/h3-6,8-9,11,16H,7,10,12-13H2,1-2H3,(H,21,23). The number of aryl methyl sites for hydroxylation is 2. The molecule has 1 aliphatic rings. The van der Waals surface area contributed by atoms with Crippen LogP contribution in [0.15, 0.2) is 42.7 Å². The van der Waals surface area contributed by atoms with Crippen LogP contribution in [0.25, 0.3) is 0 Å². The van der Waals surface area contributed by atoms with Crippen molar-refractivity contribution in [2.75, 3.05) is 24.5 Å². The monoisotopic (exact) mass is 309 g/mol. The maximum atomic E-state index is 12.1. The van der Waals surface area contributed by atoms with Gasteiger partial charge in [-0.05, 0) is 61.6 Å². The first-order valence-corrected chi connectivity index (χ1v) is 8.14. The zero-order chi connectivity index (χ0) is 16.2. The van der Waals surface area contributed by atoms with E-state index in [4.69, 9.17) is 0 Å². The van der Waals surface area contributed by atoms with Crippen LogP contribution in [0, 0.1) is 19.8 Å². The molecule has 0 bridgehead atoms. The molecule has 1 fully saturated rings. The SMILES string of the molecule is Cc1ccc(N2CCC(CNC(=O)c3ccncc3)C2)cc1C. The van der Waals surface area contributed by atoms with Gasteiger partial charge in [-0.2, -0.15) is 0 Å². The molecule has 2 aromatic rings. The zero-order valence-corrected chi connectivity index (χ0v) is 13.7. The van der Waals surface area contributed by atoms with Gasteiger partial charge in [0.15, 0.2) is 0 Å². The summed E-state index contributed by atoms with van der Waals surface area (Å²) in [6.07, 6.45) is 4.40. The van der Waals surface area contributed by atoms with Crippen molar-refractivity contribution in [3.05, 3.63) is 59.4 Å². The number of nitrogens with zero attached hydrogens (tertiary/aromatic N) is 2. The largest absolute Gasteiger partial charge is 0.371 e. The Morgan fingerprint density at radius 3 is 2.74 bits per heavy atom. The third-order valence-electron chi connectivity index (χ3n) is 4.64. The lowest BCUT2D eigenvalue weighted by Gasteiger charge is -2.20. The van der Waals surface area contributed by atoms with E-state index < -0.39 is 0 Å². The molecule has 23 heavy (non-hydrogen) atoms. The minimum Gasteiger partial charge on any atom is -0.371 e. The predicted molar refractivity (Wildman–Crippen MR) is 92.8 cm³/mol. The van der Waals surface area contributed by atoms with E-state index in [1.165, 1.54) is 16.8 Å².